The summed E-state index contributed by atoms with van der Waals surface area (Å²) in [5.41, 5.74) is 0.286. The second kappa shape index (κ2) is 9.99. The third-order valence-corrected chi connectivity index (χ3v) is 7.24. The van der Waals surface area contributed by atoms with Crippen molar-refractivity contribution >= 4 is 29.2 Å². The van der Waals surface area contributed by atoms with E-state index in [4.69, 9.17) is 16.3 Å². The molecule has 10 heteroatoms. The number of carbonyl (C=O) groups is 2. The number of halogens is 2. The molecule has 5 rings (SSSR count). The molecule has 35 heavy (non-hydrogen) atoms. The Labute approximate surface area is 208 Å². The Morgan fingerprint density at radius 2 is 1.89 bits per heavy atom. The lowest BCUT2D eigenvalue weighted by Gasteiger charge is -2.39. The fourth-order valence-corrected chi connectivity index (χ4v) is 5.58. The van der Waals surface area contributed by atoms with E-state index in [0.717, 1.165) is 25.7 Å². The van der Waals surface area contributed by atoms with Gasteiger partial charge in [-0.05, 0) is 49.6 Å². The van der Waals surface area contributed by atoms with Gasteiger partial charge in [0.05, 0.1) is 23.2 Å². The van der Waals surface area contributed by atoms with Gasteiger partial charge in [-0.15, -0.1) is 0 Å². The number of aliphatic hydroxyl groups is 1. The quantitative estimate of drug-likeness (QED) is 0.630. The molecule has 2 aromatic rings. The summed E-state index contributed by atoms with van der Waals surface area (Å²) < 4.78 is 19.2. The van der Waals surface area contributed by atoms with Gasteiger partial charge < -0.3 is 25.0 Å². The lowest BCUT2D eigenvalue weighted by atomic mass is 9.99. The Morgan fingerprint density at radius 1 is 1.17 bits per heavy atom. The molecule has 0 aliphatic carbocycles. The highest BCUT2D eigenvalue weighted by Gasteiger charge is 2.44. The maximum atomic E-state index is 13.2. The average molecular weight is 503 g/mol. The molecule has 8 nitrogen and oxygen atoms in total. The van der Waals surface area contributed by atoms with Gasteiger partial charge in [-0.3, -0.25) is 9.59 Å². The van der Waals surface area contributed by atoms with E-state index in [2.05, 4.69) is 10.3 Å². The van der Waals surface area contributed by atoms with Crippen molar-refractivity contribution in [3.8, 4) is 5.75 Å². The molecular weight excluding hydrogens is 475 g/mol. The number of piperidine rings is 1. The third-order valence-electron chi connectivity index (χ3n) is 7.04. The summed E-state index contributed by atoms with van der Waals surface area (Å²) in [5, 5.41) is 13.1. The summed E-state index contributed by atoms with van der Waals surface area (Å²) in [6, 6.07) is 7.71. The van der Waals surface area contributed by atoms with Crippen LogP contribution in [0.5, 0.6) is 5.75 Å². The molecule has 1 aromatic heterocycles. The van der Waals surface area contributed by atoms with Gasteiger partial charge >= 0.3 is 0 Å². The minimum atomic E-state index is -0.533. The highest BCUT2D eigenvalue weighted by Crippen LogP contribution is 2.37. The number of fused-ring (bicyclic) bond motifs is 2. The van der Waals surface area contributed by atoms with Crippen LogP contribution in [0.25, 0.3) is 0 Å². The number of β-amino-alcohol motifs (C(OH)–C–C–N with tert-alkyl or cyclic N) is 1. The van der Waals surface area contributed by atoms with Gasteiger partial charge in [-0.1, -0.05) is 11.6 Å². The number of rotatable bonds is 6. The molecule has 2 unspecified atom stereocenters. The van der Waals surface area contributed by atoms with Crippen LogP contribution in [0, 0.1) is 5.82 Å². The Bertz CT molecular complexity index is 1090. The predicted molar refractivity (Wildman–Crippen MR) is 128 cm³/mol. The summed E-state index contributed by atoms with van der Waals surface area (Å²) in [4.78, 5) is 33.9. The molecule has 2 amide bonds. The number of aromatic nitrogens is 1. The number of pyridine rings is 1. The maximum absolute atomic E-state index is 13.2. The summed E-state index contributed by atoms with van der Waals surface area (Å²) in [7, 11) is 0. The molecule has 2 N–H and O–H groups in total. The van der Waals surface area contributed by atoms with Crippen molar-refractivity contribution < 1.29 is 23.8 Å². The van der Waals surface area contributed by atoms with E-state index in [1.807, 2.05) is 4.90 Å². The zero-order valence-corrected chi connectivity index (χ0v) is 20.0. The lowest BCUT2D eigenvalue weighted by Crippen LogP contribution is -2.51. The highest BCUT2D eigenvalue weighted by atomic mass is 35.5. The first-order valence-electron chi connectivity index (χ1n) is 12.0. The van der Waals surface area contributed by atoms with Gasteiger partial charge in [0, 0.05) is 44.2 Å². The first-order chi connectivity index (χ1) is 16.9. The van der Waals surface area contributed by atoms with Crippen molar-refractivity contribution in [1.29, 1.82) is 0 Å². The standard InChI is InChI=1S/C25H28ClFN4O4/c26-15-9-22(25(34)30-8-7-19(32)14-30)24(28-12-15)29-13-23(33)31-17-3-4-18(31)11-21(10-17)35-20-5-1-16(27)2-6-20/h1-2,5-6,9,12,17-19,21,32H,3-4,7-8,10-11,13-14H2,(H,28,29)/t17?,18?,19-,21?/m1/s1. The van der Waals surface area contributed by atoms with Crippen molar-refractivity contribution in [2.75, 3.05) is 25.0 Å². The number of ether oxygens (including phenoxy) is 1. The van der Waals surface area contributed by atoms with Gasteiger partial charge in [0.15, 0.2) is 0 Å². The summed E-state index contributed by atoms with van der Waals surface area (Å²) >= 11 is 6.09. The van der Waals surface area contributed by atoms with Gasteiger partial charge in [0.25, 0.3) is 5.91 Å². The summed E-state index contributed by atoms with van der Waals surface area (Å²) in [5.74, 6) is 0.308. The van der Waals surface area contributed by atoms with E-state index in [0.29, 0.717) is 29.6 Å². The van der Waals surface area contributed by atoms with E-state index in [1.165, 1.54) is 24.4 Å². The van der Waals surface area contributed by atoms with Crippen LogP contribution >= 0.6 is 11.6 Å². The molecule has 0 spiro atoms. The Balaban J connectivity index is 1.21. The van der Waals surface area contributed by atoms with E-state index >= 15 is 0 Å². The molecule has 1 aromatic carbocycles. The monoisotopic (exact) mass is 502 g/mol. The largest absolute Gasteiger partial charge is 0.490 e. The topological polar surface area (TPSA) is 95.0 Å². The van der Waals surface area contributed by atoms with Gasteiger partial charge in [-0.25, -0.2) is 9.37 Å². The van der Waals surface area contributed by atoms with Crippen LogP contribution in [0.2, 0.25) is 5.02 Å². The number of anilines is 1. The molecule has 3 aliphatic rings. The molecule has 3 saturated heterocycles. The Morgan fingerprint density at radius 3 is 2.54 bits per heavy atom. The highest BCUT2D eigenvalue weighted by molar-refractivity contribution is 6.31. The Hall–Kier alpha value is -2.91. The number of benzene rings is 1. The first-order valence-corrected chi connectivity index (χ1v) is 12.4. The van der Waals surface area contributed by atoms with Gasteiger partial charge in [-0.2, -0.15) is 0 Å². The SMILES string of the molecule is O=C(c1cc(Cl)cnc1NCC(=O)N1C2CCC1CC(Oc1ccc(F)cc1)C2)N1CC[C@@H](O)C1. The van der Waals surface area contributed by atoms with Crippen LogP contribution in [0.3, 0.4) is 0 Å². The smallest absolute Gasteiger partial charge is 0.257 e. The van der Waals surface area contributed by atoms with Gasteiger partial charge in [0.1, 0.15) is 23.5 Å². The van der Waals surface area contributed by atoms with Crippen LogP contribution in [0.1, 0.15) is 42.5 Å². The predicted octanol–water partition coefficient (Wildman–Crippen LogP) is 3.09. The first kappa shape index (κ1) is 23.8. The van der Waals surface area contributed by atoms with Crippen molar-refractivity contribution in [3.63, 3.8) is 0 Å². The fourth-order valence-electron chi connectivity index (χ4n) is 5.43. The van der Waals surface area contributed by atoms with E-state index < -0.39 is 6.10 Å². The number of carbonyl (C=O) groups excluding carboxylic acids is 2. The number of nitrogens with one attached hydrogen (secondary N) is 1. The number of amides is 2. The second-order valence-electron chi connectivity index (χ2n) is 9.45. The van der Waals surface area contributed by atoms with Crippen molar-refractivity contribution in [3.05, 3.63) is 52.9 Å². The molecule has 186 valence electrons. The molecule has 2 bridgehead atoms. The van der Waals surface area contributed by atoms with Crippen LogP contribution in [-0.4, -0.2) is 75.6 Å². The maximum Gasteiger partial charge on any atom is 0.257 e. The fraction of sp³-hybridized carbons (Fsp3) is 0.480. The van der Waals surface area contributed by atoms with E-state index in [1.54, 1.807) is 17.0 Å². The number of hydrogen-bond donors (Lipinski definition) is 2. The molecule has 3 aliphatic heterocycles. The number of hydrogen-bond acceptors (Lipinski definition) is 6. The summed E-state index contributed by atoms with van der Waals surface area (Å²) in [6.07, 6.45) is 4.69. The minimum Gasteiger partial charge on any atom is -0.490 e. The van der Waals surface area contributed by atoms with Crippen LogP contribution in [-0.2, 0) is 4.79 Å². The lowest BCUT2D eigenvalue weighted by molar-refractivity contribution is -0.135. The van der Waals surface area contributed by atoms with Crippen molar-refractivity contribution in [1.82, 2.24) is 14.8 Å². The van der Waals surface area contributed by atoms with E-state index in [9.17, 15) is 19.1 Å². The summed E-state index contributed by atoms with van der Waals surface area (Å²) in [6.45, 7) is 0.735. The molecule has 4 heterocycles. The van der Waals surface area contributed by atoms with E-state index in [-0.39, 0.29) is 54.5 Å². The molecular formula is C25H28ClFN4O4. The molecule has 0 radical (unpaired) electrons. The Kier molecular flexibility index (Phi) is 6.80. The molecule has 0 saturated carbocycles. The second-order valence-corrected chi connectivity index (χ2v) is 9.88. The normalized spacial score (nSPS) is 25.6. The number of aliphatic hydroxyl groups excluding tert-OH is 1. The number of likely N-dealkylation sites (tertiary alicyclic amines) is 1. The van der Waals surface area contributed by atoms with Crippen molar-refractivity contribution in [2.24, 2.45) is 0 Å². The number of nitrogens with zero attached hydrogens (tertiary/aromatic N) is 3. The zero-order chi connectivity index (χ0) is 24.5. The third kappa shape index (κ3) is 5.21. The van der Waals surface area contributed by atoms with Crippen LogP contribution in [0.4, 0.5) is 10.2 Å². The zero-order valence-electron chi connectivity index (χ0n) is 19.2. The van der Waals surface area contributed by atoms with Gasteiger partial charge in [0.2, 0.25) is 5.91 Å². The van der Waals surface area contributed by atoms with Crippen LogP contribution in [0.15, 0.2) is 36.5 Å². The molecule has 3 atom stereocenters. The minimum absolute atomic E-state index is 0.00796. The molecule has 3 fully saturated rings. The van der Waals surface area contributed by atoms with Crippen molar-refractivity contribution in [2.45, 2.75) is 56.4 Å². The average Bonchev–Trinajstić information content (AvgIpc) is 3.39. The van der Waals surface area contributed by atoms with Crippen LogP contribution < -0.4 is 10.1 Å².